The highest BCUT2D eigenvalue weighted by molar-refractivity contribution is 5.76. The van der Waals surface area contributed by atoms with Gasteiger partial charge >= 0.3 is 5.97 Å². The number of carboxylic acids is 1. The monoisotopic (exact) mass is 184 g/mol. The van der Waals surface area contributed by atoms with Crippen LogP contribution in [0.1, 0.15) is 6.92 Å². The van der Waals surface area contributed by atoms with Gasteiger partial charge in [0.15, 0.2) is 0 Å². The number of halogens is 1. The van der Waals surface area contributed by atoms with Crippen molar-refractivity contribution < 1.29 is 14.3 Å². The first kappa shape index (κ1) is 9.44. The van der Waals surface area contributed by atoms with E-state index in [-0.39, 0.29) is 0 Å². The van der Waals surface area contributed by atoms with Crippen LogP contribution in [0, 0.1) is 5.82 Å². The van der Waals surface area contributed by atoms with E-state index in [4.69, 9.17) is 5.11 Å². The molecule has 0 spiro atoms. The summed E-state index contributed by atoms with van der Waals surface area (Å²) < 4.78 is 12.4. The molecule has 13 heavy (non-hydrogen) atoms. The molecule has 0 saturated carbocycles. The number of hydrogen-bond acceptors (Lipinski definition) is 3. The molecular formula is C8H9FN2O2. The lowest BCUT2D eigenvalue weighted by molar-refractivity contribution is -0.137. The van der Waals surface area contributed by atoms with Crippen LogP contribution < -0.4 is 5.32 Å². The third-order valence-corrected chi connectivity index (χ3v) is 1.46. The molecule has 0 saturated heterocycles. The van der Waals surface area contributed by atoms with Crippen LogP contribution in [0.2, 0.25) is 0 Å². The maximum absolute atomic E-state index is 12.4. The van der Waals surface area contributed by atoms with Crippen molar-refractivity contribution in [3.8, 4) is 0 Å². The molecule has 0 amide bonds. The number of hydrogen-bond donors (Lipinski definition) is 2. The van der Waals surface area contributed by atoms with E-state index in [1.54, 1.807) is 0 Å². The lowest BCUT2D eigenvalue weighted by atomic mass is 10.3. The zero-order chi connectivity index (χ0) is 9.84. The summed E-state index contributed by atoms with van der Waals surface area (Å²) in [7, 11) is 0. The van der Waals surface area contributed by atoms with Gasteiger partial charge in [-0.1, -0.05) is 0 Å². The van der Waals surface area contributed by atoms with Gasteiger partial charge in [-0.25, -0.2) is 9.37 Å². The van der Waals surface area contributed by atoms with Crippen molar-refractivity contribution in [1.82, 2.24) is 4.98 Å². The minimum absolute atomic E-state index is 0.344. The van der Waals surface area contributed by atoms with E-state index in [0.29, 0.717) is 5.82 Å². The minimum Gasteiger partial charge on any atom is -0.480 e. The van der Waals surface area contributed by atoms with Crippen LogP contribution in [0.25, 0.3) is 0 Å². The van der Waals surface area contributed by atoms with Gasteiger partial charge in [0.2, 0.25) is 0 Å². The lowest BCUT2D eigenvalue weighted by Gasteiger charge is -2.08. The second kappa shape index (κ2) is 3.84. The van der Waals surface area contributed by atoms with Crippen molar-refractivity contribution in [2.24, 2.45) is 0 Å². The number of aliphatic carboxylic acids is 1. The first-order valence-electron chi connectivity index (χ1n) is 3.70. The van der Waals surface area contributed by atoms with E-state index >= 15 is 0 Å². The van der Waals surface area contributed by atoms with Gasteiger partial charge in [0, 0.05) is 0 Å². The molecule has 1 aromatic rings. The fourth-order valence-corrected chi connectivity index (χ4v) is 0.745. The number of carbonyl (C=O) groups is 1. The molecule has 70 valence electrons. The van der Waals surface area contributed by atoms with Crippen LogP contribution in [-0.4, -0.2) is 22.1 Å². The summed E-state index contributed by atoms with van der Waals surface area (Å²) in [5, 5.41) is 11.1. The van der Waals surface area contributed by atoms with Gasteiger partial charge in [0.05, 0.1) is 6.20 Å². The molecule has 0 radical (unpaired) electrons. The Morgan fingerprint density at radius 3 is 2.85 bits per heavy atom. The van der Waals surface area contributed by atoms with Gasteiger partial charge in [0.1, 0.15) is 17.7 Å². The molecule has 1 unspecified atom stereocenters. The molecule has 1 heterocycles. The van der Waals surface area contributed by atoms with Crippen molar-refractivity contribution in [3.05, 3.63) is 24.1 Å². The Bertz CT molecular complexity index is 300. The number of anilines is 1. The SMILES string of the molecule is CC(Nc1ccc(F)cn1)C(=O)O. The Morgan fingerprint density at radius 2 is 2.38 bits per heavy atom. The highest BCUT2D eigenvalue weighted by Gasteiger charge is 2.09. The van der Waals surface area contributed by atoms with E-state index in [9.17, 15) is 9.18 Å². The van der Waals surface area contributed by atoms with E-state index in [0.717, 1.165) is 6.20 Å². The molecule has 0 aliphatic heterocycles. The fraction of sp³-hybridized carbons (Fsp3) is 0.250. The second-order valence-corrected chi connectivity index (χ2v) is 2.57. The second-order valence-electron chi connectivity index (χ2n) is 2.57. The molecule has 0 aromatic carbocycles. The van der Waals surface area contributed by atoms with Gasteiger partial charge in [0.25, 0.3) is 0 Å². The number of nitrogens with zero attached hydrogens (tertiary/aromatic N) is 1. The highest BCUT2D eigenvalue weighted by atomic mass is 19.1. The van der Waals surface area contributed by atoms with Crippen LogP contribution in [0.15, 0.2) is 18.3 Å². The Morgan fingerprint density at radius 1 is 1.69 bits per heavy atom. The Balaban J connectivity index is 2.64. The summed E-state index contributed by atoms with van der Waals surface area (Å²) in [6.07, 6.45) is 1.02. The molecule has 2 N–H and O–H groups in total. The average Bonchev–Trinajstić information content (AvgIpc) is 2.08. The molecule has 0 bridgehead atoms. The van der Waals surface area contributed by atoms with Crippen molar-refractivity contribution in [3.63, 3.8) is 0 Å². The Hall–Kier alpha value is -1.65. The number of carboxylic acid groups (broad SMARTS) is 1. The third-order valence-electron chi connectivity index (χ3n) is 1.46. The summed E-state index contributed by atoms with van der Waals surface area (Å²) in [4.78, 5) is 14.1. The zero-order valence-corrected chi connectivity index (χ0v) is 6.99. The molecule has 0 aliphatic carbocycles. The first-order valence-corrected chi connectivity index (χ1v) is 3.70. The van der Waals surface area contributed by atoms with Crippen LogP contribution in [0.3, 0.4) is 0 Å². The van der Waals surface area contributed by atoms with E-state index in [1.807, 2.05) is 0 Å². The molecule has 1 rings (SSSR count). The van der Waals surface area contributed by atoms with Gasteiger partial charge in [-0.05, 0) is 19.1 Å². The van der Waals surface area contributed by atoms with Crippen LogP contribution in [-0.2, 0) is 4.79 Å². The smallest absolute Gasteiger partial charge is 0.325 e. The predicted octanol–water partition coefficient (Wildman–Crippen LogP) is 1.11. The van der Waals surface area contributed by atoms with Crippen LogP contribution in [0.4, 0.5) is 10.2 Å². The van der Waals surface area contributed by atoms with Crippen molar-refractivity contribution in [2.75, 3.05) is 5.32 Å². The van der Waals surface area contributed by atoms with Gasteiger partial charge < -0.3 is 10.4 Å². The first-order chi connectivity index (χ1) is 6.09. The van der Waals surface area contributed by atoms with Crippen LogP contribution >= 0.6 is 0 Å². The molecule has 0 fully saturated rings. The van der Waals surface area contributed by atoms with Gasteiger partial charge in [-0.15, -0.1) is 0 Å². The standard InChI is InChI=1S/C8H9FN2O2/c1-5(8(12)13)11-7-3-2-6(9)4-10-7/h2-5H,1H3,(H,10,11)(H,12,13). The Kier molecular flexibility index (Phi) is 2.79. The fourth-order valence-electron chi connectivity index (χ4n) is 0.745. The van der Waals surface area contributed by atoms with Gasteiger partial charge in [-0.2, -0.15) is 0 Å². The summed E-state index contributed by atoms with van der Waals surface area (Å²) in [5.41, 5.74) is 0. The maximum Gasteiger partial charge on any atom is 0.325 e. The van der Waals surface area contributed by atoms with E-state index < -0.39 is 17.8 Å². The molecular weight excluding hydrogens is 175 g/mol. The summed E-state index contributed by atoms with van der Waals surface area (Å²) in [5.74, 6) is -1.09. The van der Waals surface area contributed by atoms with Gasteiger partial charge in [-0.3, -0.25) is 4.79 Å². The Labute approximate surface area is 74.4 Å². The van der Waals surface area contributed by atoms with Crippen LogP contribution in [0.5, 0.6) is 0 Å². The highest BCUT2D eigenvalue weighted by Crippen LogP contribution is 2.04. The maximum atomic E-state index is 12.4. The van der Waals surface area contributed by atoms with E-state index in [2.05, 4.69) is 10.3 Å². The van der Waals surface area contributed by atoms with Crippen molar-refractivity contribution >= 4 is 11.8 Å². The quantitative estimate of drug-likeness (QED) is 0.738. The normalized spacial score (nSPS) is 12.2. The van der Waals surface area contributed by atoms with Crippen molar-refractivity contribution in [2.45, 2.75) is 13.0 Å². The minimum atomic E-state index is -0.980. The number of pyridine rings is 1. The summed E-state index contributed by atoms with van der Waals surface area (Å²) >= 11 is 0. The lowest BCUT2D eigenvalue weighted by Crippen LogP contribution is -2.25. The topological polar surface area (TPSA) is 62.2 Å². The zero-order valence-electron chi connectivity index (χ0n) is 6.99. The number of nitrogens with one attached hydrogen (secondary N) is 1. The number of aromatic nitrogens is 1. The molecule has 5 heteroatoms. The predicted molar refractivity (Wildman–Crippen MR) is 44.9 cm³/mol. The third kappa shape index (κ3) is 2.70. The molecule has 1 atom stereocenters. The number of rotatable bonds is 3. The van der Waals surface area contributed by atoms with E-state index in [1.165, 1.54) is 19.1 Å². The molecule has 1 aromatic heterocycles. The summed E-state index contributed by atoms with van der Waals surface area (Å²) in [6.45, 7) is 1.48. The summed E-state index contributed by atoms with van der Waals surface area (Å²) in [6, 6.07) is 1.86. The largest absolute Gasteiger partial charge is 0.480 e. The molecule has 0 aliphatic rings. The van der Waals surface area contributed by atoms with Crippen molar-refractivity contribution in [1.29, 1.82) is 0 Å². The molecule has 4 nitrogen and oxygen atoms in total. The average molecular weight is 184 g/mol.